The van der Waals surface area contributed by atoms with E-state index in [1.807, 2.05) is 6.07 Å². The molecule has 2 aliphatic rings. The van der Waals surface area contributed by atoms with Crippen LogP contribution in [0, 0.1) is 0 Å². The molecular formula is C20H26N4O4. The average Bonchev–Trinajstić information content (AvgIpc) is 3.08. The van der Waals surface area contributed by atoms with E-state index in [9.17, 15) is 19.2 Å². The first kappa shape index (κ1) is 19.9. The molecule has 2 heterocycles. The summed E-state index contributed by atoms with van der Waals surface area (Å²) in [5.41, 5.74) is -1.04. The number of likely N-dealkylation sites (N-methyl/N-ethyl adjacent to an activating group) is 4. The zero-order valence-corrected chi connectivity index (χ0v) is 16.7. The Kier molecular flexibility index (Phi) is 5.14. The van der Waals surface area contributed by atoms with Gasteiger partial charge in [-0.2, -0.15) is 0 Å². The van der Waals surface area contributed by atoms with Crippen molar-refractivity contribution in [3.8, 4) is 0 Å². The molecule has 0 saturated carbocycles. The minimum atomic E-state index is -1.57. The quantitative estimate of drug-likeness (QED) is 0.699. The van der Waals surface area contributed by atoms with Gasteiger partial charge in [0.1, 0.15) is 6.04 Å². The van der Waals surface area contributed by atoms with Gasteiger partial charge in [0.25, 0.3) is 11.8 Å². The normalized spacial score (nSPS) is 25.5. The summed E-state index contributed by atoms with van der Waals surface area (Å²) in [5, 5.41) is 0. The van der Waals surface area contributed by atoms with Crippen molar-refractivity contribution >= 4 is 23.9 Å². The second kappa shape index (κ2) is 7.26. The van der Waals surface area contributed by atoms with Gasteiger partial charge in [-0.1, -0.05) is 30.3 Å². The third kappa shape index (κ3) is 2.36. The Bertz CT molecular complexity index is 812. The molecule has 0 N–H and O–H groups in total. The molecule has 2 atom stereocenters. The fourth-order valence-electron chi connectivity index (χ4n) is 4.42. The second-order valence-electron chi connectivity index (χ2n) is 6.76. The number of hydrogen-bond donors (Lipinski definition) is 0. The SMILES string of the molecule is CCN1C(=O)[C@@H]([C@@]2(c3ccccc3)C(=O)N(CC)C(=O)N2CC)N(CC)C1=O. The van der Waals surface area contributed by atoms with E-state index in [-0.39, 0.29) is 26.2 Å². The van der Waals surface area contributed by atoms with Crippen LogP contribution in [0.1, 0.15) is 33.3 Å². The van der Waals surface area contributed by atoms with Gasteiger partial charge in [0.05, 0.1) is 0 Å². The molecule has 1 aromatic rings. The molecule has 2 aliphatic heterocycles. The summed E-state index contributed by atoms with van der Waals surface area (Å²) in [7, 11) is 0. The molecule has 0 aliphatic carbocycles. The third-order valence-electron chi connectivity index (χ3n) is 5.65. The summed E-state index contributed by atoms with van der Waals surface area (Å²) in [6.45, 7) is 7.88. The highest BCUT2D eigenvalue weighted by Crippen LogP contribution is 2.44. The Morgan fingerprint density at radius 2 is 1.39 bits per heavy atom. The van der Waals surface area contributed by atoms with Gasteiger partial charge in [-0.3, -0.25) is 19.4 Å². The predicted molar refractivity (Wildman–Crippen MR) is 102 cm³/mol. The number of hydrogen-bond acceptors (Lipinski definition) is 4. The van der Waals surface area contributed by atoms with Crippen LogP contribution in [-0.4, -0.2) is 75.7 Å². The van der Waals surface area contributed by atoms with Gasteiger partial charge in [-0.05, 0) is 33.3 Å². The molecule has 0 aromatic heterocycles. The van der Waals surface area contributed by atoms with Crippen molar-refractivity contribution in [1.29, 1.82) is 0 Å². The summed E-state index contributed by atoms with van der Waals surface area (Å²) < 4.78 is 0. The zero-order valence-electron chi connectivity index (χ0n) is 16.7. The van der Waals surface area contributed by atoms with Gasteiger partial charge in [0.15, 0.2) is 5.54 Å². The van der Waals surface area contributed by atoms with E-state index in [0.717, 1.165) is 9.80 Å². The molecule has 3 rings (SSSR count). The van der Waals surface area contributed by atoms with Crippen molar-refractivity contribution in [3.63, 3.8) is 0 Å². The summed E-state index contributed by atoms with van der Waals surface area (Å²) in [4.78, 5) is 58.1. The van der Waals surface area contributed by atoms with Crippen molar-refractivity contribution in [1.82, 2.24) is 19.6 Å². The Hall–Kier alpha value is -2.90. The smallest absolute Gasteiger partial charge is 0.309 e. The monoisotopic (exact) mass is 386 g/mol. The number of amides is 6. The van der Waals surface area contributed by atoms with Gasteiger partial charge >= 0.3 is 12.1 Å². The van der Waals surface area contributed by atoms with E-state index in [2.05, 4.69) is 0 Å². The molecule has 1 aromatic carbocycles. The Morgan fingerprint density at radius 3 is 1.89 bits per heavy atom. The number of nitrogens with zero attached hydrogens (tertiary/aromatic N) is 4. The molecule has 2 saturated heterocycles. The molecule has 0 spiro atoms. The molecule has 0 unspecified atom stereocenters. The number of rotatable bonds is 6. The third-order valence-corrected chi connectivity index (χ3v) is 5.65. The van der Waals surface area contributed by atoms with Crippen LogP contribution in [0.15, 0.2) is 30.3 Å². The van der Waals surface area contributed by atoms with E-state index < -0.39 is 35.5 Å². The van der Waals surface area contributed by atoms with Crippen LogP contribution in [0.25, 0.3) is 0 Å². The second-order valence-corrected chi connectivity index (χ2v) is 6.76. The van der Waals surface area contributed by atoms with Crippen LogP contribution < -0.4 is 0 Å². The maximum atomic E-state index is 13.7. The lowest BCUT2D eigenvalue weighted by atomic mass is 9.80. The molecule has 0 bridgehead atoms. The average molecular weight is 386 g/mol. The van der Waals surface area contributed by atoms with Crippen molar-refractivity contribution in [2.45, 2.75) is 39.3 Å². The van der Waals surface area contributed by atoms with E-state index in [4.69, 9.17) is 0 Å². The first-order valence-corrected chi connectivity index (χ1v) is 9.72. The number of benzene rings is 1. The fraction of sp³-hybridized carbons (Fsp3) is 0.500. The van der Waals surface area contributed by atoms with Crippen LogP contribution in [0.2, 0.25) is 0 Å². The van der Waals surface area contributed by atoms with E-state index in [1.54, 1.807) is 52.0 Å². The molecule has 0 radical (unpaired) electrons. The standard InChI is InChI=1S/C20H26N4O4/c1-5-21-15(16(25)22(6-2)18(21)27)20(14-12-10-9-11-13-14)17(26)23(7-3)19(28)24(20)8-4/h9-13,15H,5-8H2,1-4H3/t15-,20-/m0/s1. The van der Waals surface area contributed by atoms with Crippen molar-refractivity contribution in [2.75, 3.05) is 26.2 Å². The lowest BCUT2D eigenvalue weighted by Gasteiger charge is -2.41. The Labute approximate surface area is 164 Å². The summed E-state index contributed by atoms with van der Waals surface area (Å²) >= 11 is 0. The highest BCUT2D eigenvalue weighted by Gasteiger charge is 2.68. The van der Waals surface area contributed by atoms with E-state index in [1.165, 1.54) is 9.80 Å². The number of urea groups is 2. The molecule has 2 fully saturated rings. The highest BCUT2D eigenvalue weighted by atomic mass is 16.2. The molecule has 150 valence electrons. The summed E-state index contributed by atoms with van der Waals surface area (Å²) in [6.07, 6.45) is 0. The molecular weight excluding hydrogens is 360 g/mol. The molecule has 8 nitrogen and oxygen atoms in total. The van der Waals surface area contributed by atoms with Gasteiger partial charge in [0, 0.05) is 26.2 Å². The van der Waals surface area contributed by atoms with Gasteiger partial charge < -0.3 is 9.80 Å². The topological polar surface area (TPSA) is 81.2 Å². The fourth-order valence-corrected chi connectivity index (χ4v) is 4.42. The molecule has 6 amide bonds. The van der Waals surface area contributed by atoms with Crippen LogP contribution in [-0.2, 0) is 15.1 Å². The summed E-state index contributed by atoms with van der Waals surface area (Å²) in [6, 6.07) is 6.87. The maximum Gasteiger partial charge on any atom is 0.328 e. The Balaban J connectivity index is 2.33. The van der Waals surface area contributed by atoms with Crippen LogP contribution in [0.3, 0.4) is 0 Å². The maximum absolute atomic E-state index is 13.7. The lowest BCUT2D eigenvalue weighted by Crippen LogP contribution is -2.62. The van der Waals surface area contributed by atoms with Crippen LogP contribution in [0.4, 0.5) is 9.59 Å². The van der Waals surface area contributed by atoms with Crippen LogP contribution >= 0.6 is 0 Å². The van der Waals surface area contributed by atoms with E-state index in [0.29, 0.717) is 5.56 Å². The van der Waals surface area contributed by atoms with Gasteiger partial charge in [0.2, 0.25) is 0 Å². The van der Waals surface area contributed by atoms with Crippen LogP contribution in [0.5, 0.6) is 0 Å². The largest absolute Gasteiger partial charge is 0.328 e. The molecule has 28 heavy (non-hydrogen) atoms. The van der Waals surface area contributed by atoms with E-state index >= 15 is 0 Å². The van der Waals surface area contributed by atoms with Gasteiger partial charge in [-0.25, -0.2) is 9.59 Å². The molecule has 8 heteroatoms. The highest BCUT2D eigenvalue weighted by molar-refractivity contribution is 6.14. The summed E-state index contributed by atoms with van der Waals surface area (Å²) in [5.74, 6) is -0.911. The number of imide groups is 2. The number of carbonyl (C=O) groups is 4. The van der Waals surface area contributed by atoms with Crippen molar-refractivity contribution in [2.24, 2.45) is 0 Å². The lowest BCUT2D eigenvalue weighted by molar-refractivity contribution is -0.143. The number of carbonyl (C=O) groups excluding carboxylic acids is 4. The first-order chi connectivity index (χ1) is 13.4. The Morgan fingerprint density at radius 1 is 0.786 bits per heavy atom. The minimum Gasteiger partial charge on any atom is -0.309 e. The van der Waals surface area contributed by atoms with Crippen molar-refractivity contribution in [3.05, 3.63) is 35.9 Å². The van der Waals surface area contributed by atoms with Crippen molar-refractivity contribution < 1.29 is 19.2 Å². The predicted octanol–water partition coefficient (Wildman–Crippen LogP) is 1.86. The first-order valence-electron chi connectivity index (χ1n) is 9.72. The minimum absolute atomic E-state index is 0.196. The zero-order chi connectivity index (χ0) is 20.6. The van der Waals surface area contributed by atoms with Gasteiger partial charge in [-0.15, -0.1) is 0 Å².